The predicted octanol–water partition coefficient (Wildman–Crippen LogP) is 3.86. The second-order valence-electron chi connectivity index (χ2n) is 5.95. The van der Waals surface area contributed by atoms with E-state index >= 15 is 0 Å². The minimum atomic E-state index is -0.135. The van der Waals surface area contributed by atoms with E-state index in [1.54, 1.807) is 0 Å². The van der Waals surface area contributed by atoms with Crippen molar-refractivity contribution in [2.24, 2.45) is 11.8 Å². The van der Waals surface area contributed by atoms with E-state index in [2.05, 4.69) is 60.7 Å². The van der Waals surface area contributed by atoms with Gasteiger partial charge in [-0.25, -0.2) is 0 Å². The lowest BCUT2D eigenvalue weighted by atomic mass is 9.84. The average molecular weight is 266 g/mol. The SMILES string of the molecule is O[C@@H]1CC[C@@H](Cc2ccccc2)[C@H]1Cc1ccccc1. The van der Waals surface area contributed by atoms with E-state index in [0.29, 0.717) is 11.8 Å². The van der Waals surface area contributed by atoms with Crippen LogP contribution in [-0.4, -0.2) is 11.2 Å². The third-order valence-electron chi connectivity index (χ3n) is 4.59. The molecule has 1 heteroatoms. The van der Waals surface area contributed by atoms with Crippen LogP contribution in [0.1, 0.15) is 24.0 Å². The van der Waals surface area contributed by atoms with E-state index in [1.165, 1.54) is 11.1 Å². The Bertz CT molecular complexity index is 520. The van der Waals surface area contributed by atoms with Crippen molar-refractivity contribution in [2.45, 2.75) is 31.8 Å². The molecule has 0 aromatic heterocycles. The second-order valence-corrected chi connectivity index (χ2v) is 5.95. The van der Waals surface area contributed by atoms with E-state index in [9.17, 15) is 5.11 Å². The van der Waals surface area contributed by atoms with E-state index < -0.39 is 0 Å². The summed E-state index contributed by atoms with van der Waals surface area (Å²) in [7, 11) is 0. The van der Waals surface area contributed by atoms with Crippen LogP contribution in [0.3, 0.4) is 0 Å². The molecule has 1 aliphatic carbocycles. The molecule has 1 N–H and O–H groups in total. The van der Waals surface area contributed by atoms with Gasteiger partial charge in [-0.3, -0.25) is 0 Å². The van der Waals surface area contributed by atoms with Crippen LogP contribution in [-0.2, 0) is 12.8 Å². The van der Waals surface area contributed by atoms with Crippen LogP contribution >= 0.6 is 0 Å². The van der Waals surface area contributed by atoms with Gasteiger partial charge >= 0.3 is 0 Å². The van der Waals surface area contributed by atoms with Gasteiger partial charge in [0, 0.05) is 0 Å². The Morgan fingerprint density at radius 2 is 1.30 bits per heavy atom. The first-order chi connectivity index (χ1) is 9.83. The maximum atomic E-state index is 10.3. The minimum absolute atomic E-state index is 0.135. The Morgan fingerprint density at radius 3 is 1.90 bits per heavy atom. The van der Waals surface area contributed by atoms with Crippen LogP contribution in [0.15, 0.2) is 60.7 Å². The molecule has 1 aliphatic rings. The van der Waals surface area contributed by atoms with Crippen molar-refractivity contribution in [3.8, 4) is 0 Å². The first kappa shape index (κ1) is 13.4. The molecular formula is C19H22O. The van der Waals surface area contributed by atoms with Gasteiger partial charge in [0.15, 0.2) is 0 Å². The third-order valence-corrected chi connectivity index (χ3v) is 4.59. The smallest absolute Gasteiger partial charge is 0.0574 e. The number of aliphatic hydroxyl groups is 1. The summed E-state index contributed by atoms with van der Waals surface area (Å²) in [5.41, 5.74) is 2.74. The first-order valence-corrected chi connectivity index (χ1v) is 7.59. The maximum absolute atomic E-state index is 10.3. The van der Waals surface area contributed by atoms with Crippen LogP contribution in [0.4, 0.5) is 0 Å². The van der Waals surface area contributed by atoms with Crippen molar-refractivity contribution < 1.29 is 5.11 Å². The first-order valence-electron chi connectivity index (χ1n) is 7.59. The highest BCUT2D eigenvalue weighted by Crippen LogP contribution is 2.36. The number of rotatable bonds is 4. The van der Waals surface area contributed by atoms with Gasteiger partial charge in [-0.2, -0.15) is 0 Å². The van der Waals surface area contributed by atoms with Crippen LogP contribution in [0, 0.1) is 11.8 Å². The van der Waals surface area contributed by atoms with Crippen molar-refractivity contribution in [3.05, 3.63) is 71.8 Å². The highest BCUT2D eigenvalue weighted by Gasteiger charge is 2.34. The Morgan fingerprint density at radius 1 is 0.750 bits per heavy atom. The molecule has 0 amide bonds. The fourth-order valence-corrected chi connectivity index (χ4v) is 3.49. The van der Waals surface area contributed by atoms with Gasteiger partial charge in [0.25, 0.3) is 0 Å². The van der Waals surface area contributed by atoms with Crippen molar-refractivity contribution in [3.63, 3.8) is 0 Å². The molecule has 2 aromatic carbocycles. The lowest BCUT2D eigenvalue weighted by molar-refractivity contribution is 0.117. The molecule has 0 spiro atoms. The summed E-state index contributed by atoms with van der Waals surface area (Å²) in [4.78, 5) is 0. The molecule has 0 heterocycles. The van der Waals surface area contributed by atoms with E-state index in [4.69, 9.17) is 0 Å². The summed E-state index contributed by atoms with van der Waals surface area (Å²) in [6.45, 7) is 0. The molecule has 0 bridgehead atoms. The number of hydrogen-bond acceptors (Lipinski definition) is 1. The zero-order valence-electron chi connectivity index (χ0n) is 11.8. The Hall–Kier alpha value is -1.60. The topological polar surface area (TPSA) is 20.2 Å². The van der Waals surface area contributed by atoms with Crippen molar-refractivity contribution in [2.75, 3.05) is 0 Å². The minimum Gasteiger partial charge on any atom is -0.393 e. The molecule has 3 rings (SSSR count). The number of hydrogen-bond donors (Lipinski definition) is 1. The highest BCUT2D eigenvalue weighted by molar-refractivity contribution is 5.18. The number of benzene rings is 2. The van der Waals surface area contributed by atoms with E-state index in [0.717, 1.165) is 25.7 Å². The van der Waals surface area contributed by atoms with Gasteiger partial charge in [0.2, 0.25) is 0 Å². The van der Waals surface area contributed by atoms with Gasteiger partial charge < -0.3 is 5.11 Å². The Kier molecular flexibility index (Phi) is 4.17. The molecule has 1 nitrogen and oxygen atoms in total. The largest absolute Gasteiger partial charge is 0.393 e. The Balaban J connectivity index is 1.70. The number of aliphatic hydroxyl groups excluding tert-OH is 1. The molecule has 0 saturated heterocycles. The maximum Gasteiger partial charge on any atom is 0.0574 e. The quantitative estimate of drug-likeness (QED) is 0.891. The average Bonchev–Trinajstić information content (AvgIpc) is 2.83. The van der Waals surface area contributed by atoms with E-state index in [1.807, 2.05) is 0 Å². The highest BCUT2D eigenvalue weighted by atomic mass is 16.3. The van der Waals surface area contributed by atoms with Crippen LogP contribution in [0.5, 0.6) is 0 Å². The third kappa shape index (κ3) is 3.10. The summed E-state index contributed by atoms with van der Waals surface area (Å²) in [6, 6.07) is 21.2. The second kappa shape index (κ2) is 6.23. The van der Waals surface area contributed by atoms with Crippen molar-refractivity contribution in [1.82, 2.24) is 0 Å². The summed E-state index contributed by atoms with van der Waals surface area (Å²) >= 11 is 0. The monoisotopic (exact) mass is 266 g/mol. The van der Waals surface area contributed by atoms with Crippen molar-refractivity contribution in [1.29, 1.82) is 0 Å². The molecule has 1 saturated carbocycles. The van der Waals surface area contributed by atoms with Gasteiger partial charge in [0.1, 0.15) is 0 Å². The normalized spacial score (nSPS) is 25.8. The van der Waals surface area contributed by atoms with Crippen LogP contribution in [0.25, 0.3) is 0 Å². The van der Waals surface area contributed by atoms with E-state index in [-0.39, 0.29) is 6.10 Å². The predicted molar refractivity (Wildman–Crippen MR) is 82.5 cm³/mol. The van der Waals surface area contributed by atoms with Crippen LogP contribution < -0.4 is 0 Å². The fraction of sp³-hybridized carbons (Fsp3) is 0.368. The molecule has 20 heavy (non-hydrogen) atoms. The fourth-order valence-electron chi connectivity index (χ4n) is 3.49. The molecule has 0 aliphatic heterocycles. The van der Waals surface area contributed by atoms with Gasteiger partial charge in [-0.05, 0) is 48.6 Å². The zero-order valence-corrected chi connectivity index (χ0v) is 11.8. The molecule has 0 radical (unpaired) electrons. The Labute approximate surface area is 121 Å². The summed E-state index contributed by atoms with van der Waals surface area (Å²) in [5.74, 6) is 1.00. The lowest BCUT2D eigenvalue weighted by Gasteiger charge is -2.22. The lowest BCUT2D eigenvalue weighted by Crippen LogP contribution is -2.23. The molecule has 3 atom stereocenters. The van der Waals surface area contributed by atoms with Gasteiger partial charge in [0.05, 0.1) is 6.10 Å². The van der Waals surface area contributed by atoms with Gasteiger partial charge in [-0.1, -0.05) is 60.7 Å². The standard InChI is InChI=1S/C19H22O/c20-19-12-11-17(13-15-7-3-1-4-8-15)18(19)14-16-9-5-2-6-10-16/h1-10,17-20H,11-14H2/t17-,18+,19+/m0/s1. The van der Waals surface area contributed by atoms with Crippen molar-refractivity contribution >= 4 is 0 Å². The summed E-state index contributed by atoms with van der Waals surface area (Å²) < 4.78 is 0. The molecule has 0 unspecified atom stereocenters. The van der Waals surface area contributed by atoms with Crippen LogP contribution in [0.2, 0.25) is 0 Å². The molecule has 1 fully saturated rings. The molecule has 104 valence electrons. The molecular weight excluding hydrogens is 244 g/mol. The summed E-state index contributed by atoms with van der Waals surface area (Å²) in [5, 5.41) is 10.3. The van der Waals surface area contributed by atoms with Gasteiger partial charge in [-0.15, -0.1) is 0 Å². The zero-order chi connectivity index (χ0) is 13.8. The molecule has 2 aromatic rings. The summed E-state index contributed by atoms with van der Waals surface area (Å²) in [6.07, 6.45) is 4.06.